The van der Waals surface area contributed by atoms with Crippen molar-refractivity contribution in [1.29, 1.82) is 5.26 Å². The van der Waals surface area contributed by atoms with Gasteiger partial charge in [0.25, 0.3) is 0 Å². The molecule has 1 amide bonds. The van der Waals surface area contributed by atoms with Crippen LogP contribution in [0.3, 0.4) is 0 Å². The molecule has 0 bridgehead atoms. The second-order valence-electron chi connectivity index (χ2n) is 9.38. The van der Waals surface area contributed by atoms with Crippen LogP contribution in [0.25, 0.3) is 5.65 Å². The van der Waals surface area contributed by atoms with Crippen LogP contribution in [0, 0.1) is 17.2 Å². The van der Waals surface area contributed by atoms with Crippen LogP contribution < -0.4 is 15.4 Å². The molecular weight excluding hydrogens is 466 g/mol. The van der Waals surface area contributed by atoms with Crippen LogP contribution in [0.5, 0.6) is 11.5 Å². The highest BCUT2D eigenvalue weighted by molar-refractivity contribution is 5.93. The number of hydrogen-bond acceptors (Lipinski definition) is 6. The van der Waals surface area contributed by atoms with Gasteiger partial charge in [0.2, 0.25) is 5.91 Å². The normalized spacial score (nSPS) is 12.6. The zero-order valence-electron chi connectivity index (χ0n) is 21.1. The number of ether oxygens (including phenoxy) is 1. The van der Waals surface area contributed by atoms with Crippen molar-refractivity contribution in [3.05, 3.63) is 84.2 Å². The third kappa shape index (κ3) is 6.53. The minimum Gasteiger partial charge on any atom is -0.456 e. The van der Waals surface area contributed by atoms with Crippen molar-refractivity contribution in [2.75, 3.05) is 17.7 Å². The first-order valence-corrected chi connectivity index (χ1v) is 12.0. The second-order valence-corrected chi connectivity index (χ2v) is 9.38. The molecule has 1 aliphatic carbocycles. The summed E-state index contributed by atoms with van der Waals surface area (Å²) in [4.78, 5) is 26.7. The fourth-order valence-electron chi connectivity index (χ4n) is 3.58. The van der Waals surface area contributed by atoms with Gasteiger partial charge in [0, 0.05) is 30.3 Å². The Kier molecular flexibility index (Phi) is 7.54. The molecule has 4 aromatic rings. The van der Waals surface area contributed by atoms with E-state index in [4.69, 9.17) is 10.00 Å². The molecular formula is C29H29N5O3. The average molecular weight is 496 g/mol. The van der Waals surface area contributed by atoms with Crippen molar-refractivity contribution in [2.45, 2.75) is 32.1 Å². The lowest BCUT2D eigenvalue weighted by Crippen LogP contribution is -2.13. The van der Waals surface area contributed by atoms with E-state index in [1.54, 1.807) is 24.4 Å². The van der Waals surface area contributed by atoms with Crippen molar-refractivity contribution in [1.82, 2.24) is 9.38 Å². The lowest BCUT2D eigenvalue weighted by Gasteiger charge is -2.15. The van der Waals surface area contributed by atoms with Crippen molar-refractivity contribution in [3.63, 3.8) is 0 Å². The Morgan fingerprint density at radius 1 is 1.11 bits per heavy atom. The second kappa shape index (κ2) is 11.0. The molecule has 1 fully saturated rings. The molecule has 0 aliphatic heterocycles. The third-order valence-corrected chi connectivity index (χ3v) is 6.01. The van der Waals surface area contributed by atoms with Crippen molar-refractivity contribution >= 4 is 29.3 Å². The van der Waals surface area contributed by atoms with Crippen molar-refractivity contribution in [2.24, 2.45) is 5.92 Å². The fraction of sp³-hybridized carbons (Fsp3) is 0.241. The van der Waals surface area contributed by atoms with Crippen LogP contribution in [0.2, 0.25) is 0 Å². The van der Waals surface area contributed by atoms with Crippen LogP contribution in [-0.4, -0.2) is 28.6 Å². The Bertz CT molecular complexity index is 1460. The number of rotatable bonds is 7. The molecule has 0 unspecified atom stereocenters. The zero-order valence-corrected chi connectivity index (χ0v) is 21.1. The zero-order chi connectivity index (χ0) is 26.4. The van der Waals surface area contributed by atoms with Gasteiger partial charge in [0.1, 0.15) is 23.4 Å². The summed E-state index contributed by atoms with van der Waals surface area (Å²) in [5, 5.41) is 14.8. The minimum absolute atomic E-state index is 0.0544. The standard InChI is InChI=1S/C18H18N4O2.C11H11NO/c1-19-13-3-2-4-14(9-13)24-15-7-8-17-20-16(11-22(17)10-15)21-18(23)12-5-6-12;1-11(2,8-12)10-5-3-4-9(6-10)7-13/h2-4,7-12,19H,5-6H2,1H3,(H,21,23);3-7H,1-2H3. The molecule has 2 aromatic carbocycles. The molecule has 1 saturated carbocycles. The smallest absolute Gasteiger partial charge is 0.228 e. The molecule has 37 heavy (non-hydrogen) atoms. The summed E-state index contributed by atoms with van der Waals surface area (Å²) in [5.41, 5.74) is 2.71. The van der Waals surface area contributed by atoms with Crippen LogP contribution in [0.4, 0.5) is 11.5 Å². The van der Waals surface area contributed by atoms with Crippen LogP contribution in [-0.2, 0) is 10.2 Å². The molecule has 2 aromatic heterocycles. The van der Waals surface area contributed by atoms with Crippen LogP contribution >= 0.6 is 0 Å². The first kappa shape index (κ1) is 25.5. The highest BCUT2D eigenvalue weighted by Gasteiger charge is 2.30. The Labute approximate surface area is 215 Å². The summed E-state index contributed by atoms with van der Waals surface area (Å²) < 4.78 is 7.74. The molecule has 5 rings (SSSR count). The molecule has 8 nitrogen and oxygen atoms in total. The maximum Gasteiger partial charge on any atom is 0.228 e. The molecule has 0 spiro atoms. The van der Waals surface area contributed by atoms with Gasteiger partial charge in [-0.05, 0) is 62.6 Å². The number of aldehydes is 1. The topological polar surface area (TPSA) is 109 Å². The van der Waals surface area contributed by atoms with Crippen molar-refractivity contribution in [3.8, 4) is 17.6 Å². The van der Waals surface area contributed by atoms with Gasteiger partial charge in [-0.25, -0.2) is 4.98 Å². The number of nitrogens with one attached hydrogen (secondary N) is 2. The minimum atomic E-state index is -0.529. The maximum absolute atomic E-state index is 11.8. The van der Waals surface area contributed by atoms with Gasteiger partial charge < -0.3 is 19.8 Å². The van der Waals surface area contributed by atoms with E-state index in [0.29, 0.717) is 17.1 Å². The SMILES string of the molecule is CC(C)(C#N)c1cccc(C=O)c1.CNc1cccc(Oc2ccc3nc(NC(=O)C4CC4)cn3c2)c1. The van der Waals surface area contributed by atoms with E-state index in [-0.39, 0.29) is 11.8 Å². The van der Waals surface area contributed by atoms with Crippen LogP contribution in [0.1, 0.15) is 42.6 Å². The largest absolute Gasteiger partial charge is 0.456 e. The molecule has 2 heterocycles. The van der Waals surface area contributed by atoms with Gasteiger partial charge in [-0.15, -0.1) is 0 Å². The number of amides is 1. The molecule has 1 aliphatic rings. The predicted molar refractivity (Wildman–Crippen MR) is 143 cm³/mol. The van der Waals surface area contributed by atoms with Gasteiger partial charge >= 0.3 is 0 Å². The fourth-order valence-corrected chi connectivity index (χ4v) is 3.58. The van der Waals surface area contributed by atoms with Crippen molar-refractivity contribution < 1.29 is 14.3 Å². The lowest BCUT2D eigenvalue weighted by atomic mass is 9.86. The maximum atomic E-state index is 11.8. The summed E-state index contributed by atoms with van der Waals surface area (Å²) in [7, 11) is 1.87. The summed E-state index contributed by atoms with van der Waals surface area (Å²) >= 11 is 0. The third-order valence-electron chi connectivity index (χ3n) is 6.01. The monoisotopic (exact) mass is 495 g/mol. The van der Waals surface area contributed by atoms with E-state index in [2.05, 4.69) is 21.7 Å². The van der Waals surface area contributed by atoms with E-state index < -0.39 is 5.41 Å². The number of hydrogen-bond donors (Lipinski definition) is 2. The Hall–Kier alpha value is -4.64. The molecule has 2 N–H and O–H groups in total. The molecule has 0 saturated heterocycles. The quantitative estimate of drug-likeness (QED) is 0.313. The lowest BCUT2D eigenvalue weighted by molar-refractivity contribution is -0.117. The van der Waals surface area contributed by atoms with Gasteiger partial charge in [-0.1, -0.05) is 24.3 Å². The van der Waals surface area contributed by atoms with E-state index in [1.807, 2.05) is 74.0 Å². The number of anilines is 2. The average Bonchev–Trinajstić information content (AvgIpc) is 3.70. The molecule has 188 valence electrons. The number of aromatic nitrogens is 2. The summed E-state index contributed by atoms with van der Waals surface area (Å²) in [6.45, 7) is 3.66. The number of fused-ring (bicyclic) bond motifs is 1. The highest BCUT2D eigenvalue weighted by atomic mass is 16.5. The van der Waals surface area contributed by atoms with Crippen LogP contribution in [0.15, 0.2) is 73.1 Å². The van der Waals surface area contributed by atoms with Gasteiger partial charge in [0.05, 0.1) is 23.9 Å². The number of imidazole rings is 1. The summed E-state index contributed by atoms with van der Waals surface area (Å²) in [6, 6.07) is 20.8. The first-order valence-electron chi connectivity index (χ1n) is 12.0. The van der Waals surface area contributed by atoms with E-state index in [1.165, 1.54) is 0 Å². The summed E-state index contributed by atoms with van der Waals surface area (Å²) in [6.07, 6.45) is 6.39. The molecule has 0 radical (unpaired) electrons. The number of pyridine rings is 1. The number of carbonyl (C=O) groups is 2. The van der Waals surface area contributed by atoms with Gasteiger partial charge in [-0.2, -0.15) is 5.26 Å². The molecule has 0 atom stereocenters. The van der Waals surface area contributed by atoms with Gasteiger partial charge in [0.15, 0.2) is 5.82 Å². The van der Waals surface area contributed by atoms with E-state index >= 15 is 0 Å². The number of benzene rings is 2. The highest BCUT2D eigenvalue weighted by Crippen LogP contribution is 2.30. The van der Waals surface area contributed by atoms with E-state index in [9.17, 15) is 9.59 Å². The number of nitriles is 1. The summed E-state index contributed by atoms with van der Waals surface area (Å²) in [5.74, 6) is 2.24. The Balaban J connectivity index is 0.000000209. The Morgan fingerprint density at radius 2 is 1.89 bits per heavy atom. The number of nitrogens with zero attached hydrogens (tertiary/aromatic N) is 3. The Morgan fingerprint density at radius 3 is 2.59 bits per heavy atom. The number of carbonyl (C=O) groups excluding carboxylic acids is 2. The van der Waals surface area contributed by atoms with Gasteiger partial charge in [-0.3, -0.25) is 9.59 Å². The van der Waals surface area contributed by atoms with E-state index in [0.717, 1.165) is 41.8 Å². The first-order chi connectivity index (χ1) is 17.8. The predicted octanol–water partition coefficient (Wildman–Crippen LogP) is 5.82. The molecule has 8 heteroatoms.